The topological polar surface area (TPSA) is 37.3 Å². The summed E-state index contributed by atoms with van der Waals surface area (Å²) in [6.45, 7) is 0.178. The van der Waals surface area contributed by atoms with Gasteiger partial charge in [0.1, 0.15) is 0 Å². The molecular weight excluding hydrogens is 180 g/mol. The van der Waals surface area contributed by atoms with Gasteiger partial charge in [-0.2, -0.15) is 0 Å². The Hall–Kier alpha value is -0.320. The Kier molecular flexibility index (Phi) is 3.62. The summed E-state index contributed by atoms with van der Waals surface area (Å²) in [7, 11) is 0. The van der Waals surface area contributed by atoms with Gasteiger partial charge in [0, 0.05) is 16.0 Å². The first-order chi connectivity index (χ1) is 5.36. The minimum absolute atomic E-state index is 0.178. The van der Waals surface area contributed by atoms with Crippen LogP contribution in [-0.2, 0) is 0 Å². The SMILES string of the molecule is O=Cc1cc(SCCO)cs1. The normalized spacial score (nSPS) is 9.91. The van der Waals surface area contributed by atoms with Crippen molar-refractivity contribution in [3.05, 3.63) is 16.3 Å². The van der Waals surface area contributed by atoms with Gasteiger partial charge in [-0.05, 0) is 6.07 Å². The van der Waals surface area contributed by atoms with Crippen LogP contribution in [-0.4, -0.2) is 23.8 Å². The van der Waals surface area contributed by atoms with E-state index in [-0.39, 0.29) is 6.61 Å². The van der Waals surface area contributed by atoms with Crippen molar-refractivity contribution in [1.29, 1.82) is 0 Å². The Labute approximate surface area is 73.2 Å². The summed E-state index contributed by atoms with van der Waals surface area (Å²) in [5, 5.41) is 10.4. The molecule has 0 bridgehead atoms. The van der Waals surface area contributed by atoms with Crippen LogP contribution >= 0.6 is 23.1 Å². The van der Waals surface area contributed by atoms with Crippen LogP contribution in [0.25, 0.3) is 0 Å². The van der Waals surface area contributed by atoms with Gasteiger partial charge in [0.15, 0.2) is 6.29 Å². The number of thioether (sulfide) groups is 1. The Morgan fingerprint density at radius 3 is 3.09 bits per heavy atom. The second-order valence-corrected chi connectivity index (χ2v) is 3.99. The standard InChI is InChI=1S/C7H8O2S2/c8-1-2-10-7-3-6(4-9)11-5-7/h3-5,8H,1-2H2. The number of thiophene rings is 1. The lowest BCUT2D eigenvalue weighted by atomic mass is 10.5. The molecule has 0 unspecified atom stereocenters. The molecule has 1 heterocycles. The number of carbonyl (C=O) groups excluding carboxylic acids is 1. The lowest BCUT2D eigenvalue weighted by Crippen LogP contribution is -1.83. The Morgan fingerprint density at radius 1 is 1.73 bits per heavy atom. The van der Waals surface area contributed by atoms with E-state index in [2.05, 4.69) is 0 Å². The van der Waals surface area contributed by atoms with E-state index in [9.17, 15) is 4.79 Å². The molecule has 2 nitrogen and oxygen atoms in total. The van der Waals surface area contributed by atoms with Crippen LogP contribution in [0, 0.1) is 0 Å². The zero-order chi connectivity index (χ0) is 8.10. The summed E-state index contributed by atoms with van der Waals surface area (Å²) < 4.78 is 0. The molecule has 0 atom stereocenters. The fourth-order valence-corrected chi connectivity index (χ4v) is 2.23. The molecule has 0 aliphatic carbocycles. The summed E-state index contributed by atoms with van der Waals surface area (Å²) in [5.74, 6) is 0.690. The first kappa shape index (κ1) is 8.77. The zero-order valence-corrected chi connectivity index (χ0v) is 7.45. The van der Waals surface area contributed by atoms with Crippen molar-refractivity contribution in [1.82, 2.24) is 0 Å². The van der Waals surface area contributed by atoms with Crippen molar-refractivity contribution in [3.63, 3.8) is 0 Å². The second kappa shape index (κ2) is 4.54. The molecule has 1 aromatic heterocycles. The van der Waals surface area contributed by atoms with E-state index in [1.54, 1.807) is 11.8 Å². The molecule has 60 valence electrons. The monoisotopic (exact) mass is 188 g/mol. The third-order valence-electron chi connectivity index (χ3n) is 1.07. The fourth-order valence-electron chi connectivity index (χ4n) is 0.635. The molecule has 1 N–H and O–H groups in total. The van der Waals surface area contributed by atoms with Crippen LogP contribution in [0.4, 0.5) is 0 Å². The van der Waals surface area contributed by atoms with Crippen molar-refractivity contribution in [3.8, 4) is 0 Å². The van der Waals surface area contributed by atoms with E-state index in [1.807, 2.05) is 11.4 Å². The van der Waals surface area contributed by atoms with Crippen LogP contribution < -0.4 is 0 Å². The van der Waals surface area contributed by atoms with Gasteiger partial charge < -0.3 is 5.11 Å². The number of aliphatic hydroxyl groups excluding tert-OH is 1. The second-order valence-electron chi connectivity index (χ2n) is 1.87. The number of hydrogen-bond donors (Lipinski definition) is 1. The zero-order valence-electron chi connectivity index (χ0n) is 5.82. The van der Waals surface area contributed by atoms with Crippen LogP contribution in [0.2, 0.25) is 0 Å². The van der Waals surface area contributed by atoms with Crippen LogP contribution in [0.1, 0.15) is 9.67 Å². The lowest BCUT2D eigenvalue weighted by Gasteiger charge is -1.90. The highest BCUT2D eigenvalue weighted by atomic mass is 32.2. The molecule has 1 aromatic rings. The average Bonchev–Trinajstić information content (AvgIpc) is 2.48. The van der Waals surface area contributed by atoms with Crippen molar-refractivity contribution < 1.29 is 9.90 Å². The predicted octanol–water partition coefficient (Wildman–Crippen LogP) is 1.64. The van der Waals surface area contributed by atoms with Gasteiger partial charge in [-0.25, -0.2) is 0 Å². The van der Waals surface area contributed by atoms with Gasteiger partial charge in [-0.15, -0.1) is 23.1 Å². The van der Waals surface area contributed by atoms with Crippen LogP contribution in [0.3, 0.4) is 0 Å². The highest BCUT2D eigenvalue weighted by molar-refractivity contribution is 7.99. The molecule has 0 aromatic carbocycles. The van der Waals surface area contributed by atoms with Gasteiger partial charge in [-0.1, -0.05) is 0 Å². The average molecular weight is 188 g/mol. The van der Waals surface area contributed by atoms with E-state index in [4.69, 9.17) is 5.11 Å². The van der Waals surface area contributed by atoms with E-state index in [0.29, 0.717) is 5.75 Å². The largest absolute Gasteiger partial charge is 0.396 e. The van der Waals surface area contributed by atoms with Gasteiger partial charge in [-0.3, -0.25) is 4.79 Å². The number of aldehydes is 1. The lowest BCUT2D eigenvalue weighted by molar-refractivity contribution is 0.112. The molecule has 1 rings (SSSR count). The maximum Gasteiger partial charge on any atom is 0.160 e. The highest BCUT2D eigenvalue weighted by Crippen LogP contribution is 2.23. The summed E-state index contributed by atoms with van der Waals surface area (Å²) in [6, 6.07) is 1.83. The van der Waals surface area contributed by atoms with Crippen LogP contribution in [0.5, 0.6) is 0 Å². The maximum absolute atomic E-state index is 10.2. The van der Waals surface area contributed by atoms with E-state index < -0.39 is 0 Å². The molecule has 4 heteroatoms. The summed E-state index contributed by atoms with van der Waals surface area (Å²) in [4.78, 5) is 12.0. The Bertz CT molecular complexity index is 232. The smallest absolute Gasteiger partial charge is 0.160 e. The Balaban J connectivity index is 2.51. The first-order valence-electron chi connectivity index (χ1n) is 3.14. The summed E-state index contributed by atoms with van der Waals surface area (Å²) >= 11 is 2.99. The molecule has 11 heavy (non-hydrogen) atoms. The third kappa shape index (κ3) is 2.65. The van der Waals surface area contributed by atoms with Crippen molar-refractivity contribution in [2.24, 2.45) is 0 Å². The maximum atomic E-state index is 10.2. The molecule has 0 fully saturated rings. The van der Waals surface area contributed by atoms with E-state index >= 15 is 0 Å². The highest BCUT2D eigenvalue weighted by Gasteiger charge is 1.97. The number of hydrogen-bond acceptors (Lipinski definition) is 4. The molecule has 0 radical (unpaired) electrons. The molecule has 0 aliphatic heterocycles. The van der Waals surface area contributed by atoms with E-state index in [1.165, 1.54) is 11.3 Å². The van der Waals surface area contributed by atoms with Gasteiger partial charge in [0.2, 0.25) is 0 Å². The minimum Gasteiger partial charge on any atom is -0.396 e. The number of carbonyl (C=O) groups is 1. The summed E-state index contributed by atoms with van der Waals surface area (Å²) in [5.41, 5.74) is 0. The van der Waals surface area contributed by atoms with Crippen molar-refractivity contribution in [2.45, 2.75) is 4.90 Å². The third-order valence-corrected chi connectivity index (χ3v) is 3.03. The molecule has 0 saturated carbocycles. The minimum atomic E-state index is 0.178. The van der Waals surface area contributed by atoms with Crippen LogP contribution in [0.15, 0.2) is 16.3 Å². The molecule has 0 spiro atoms. The molecule has 0 aliphatic rings. The predicted molar refractivity (Wildman–Crippen MR) is 47.5 cm³/mol. The van der Waals surface area contributed by atoms with Gasteiger partial charge in [0.25, 0.3) is 0 Å². The molecule has 0 amide bonds. The molecular formula is C7H8O2S2. The van der Waals surface area contributed by atoms with Crippen molar-refractivity contribution in [2.75, 3.05) is 12.4 Å². The number of rotatable bonds is 4. The quantitative estimate of drug-likeness (QED) is 0.576. The summed E-state index contributed by atoms with van der Waals surface area (Å²) in [6.07, 6.45) is 0.841. The number of aliphatic hydroxyl groups is 1. The van der Waals surface area contributed by atoms with Gasteiger partial charge in [0.05, 0.1) is 11.5 Å². The van der Waals surface area contributed by atoms with Gasteiger partial charge >= 0.3 is 0 Å². The Morgan fingerprint density at radius 2 is 2.55 bits per heavy atom. The van der Waals surface area contributed by atoms with Crippen molar-refractivity contribution >= 4 is 29.4 Å². The first-order valence-corrected chi connectivity index (χ1v) is 5.00. The fraction of sp³-hybridized carbons (Fsp3) is 0.286. The molecule has 0 saturated heterocycles. The van der Waals surface area contributed by atoms with E-state index in [0.717, 1.165) is 16.1 Å².